The van der Waals surface area contributed by atoms with E-state index in [0.29, 0.717) is 13.1 Å². The molecule has 0 atom stereocenters. The number of hydrogen-bond acceptors (Lipinski definition) is 3. The van der Waals surface area contributed by atoms with Crippen LogP contribution in [0, 0.1) is 6.92 Å². The summed E-state index contributed by atoms with van der Waals surface area (Å²) in [4.78, 5) is 0. The Kier molecular flexibility index (Phi) is 3.21. The average Bonchev–Trinajstić information content (AvgIpc) is 2.95. The zero-order valence-electron chi connectivity index (χ0n) is 10.8. The van der Waals surface area contributed by atoms with Gasteiger partial charge in [0, 0.05) is 35.3 Å². The lowest BCUT2D eigenvalue weighted by Gasteiger charge is -2.09. The Morgan fingerprint density at radius 2 is 2.26 bits per heavy atom. The van der Waals surface area contributed by atoms with Crippen molar-refractivity contribution in [1.29, 1.82) is 0 Å². The van der Waals surface area contributed by atoms with E-state index in [1.807, 2.05) is 29.9 Å². The van der Waals surface area contributed by atoms with Gasteiger partial charge in [-0.05, 0) is 24.6 Å². The standard InChI is InChI=1S/C14H16ClN3O/c1-9-12(6-16)8-18(17-9)7-11-5-13(15)4-10-2-3-19-14(10)11/h4-5,8H,2-3,6-7,16H2,1H3. The minimum absolute atomic E-state index is 0.510. The SMILES string of the molecule is Cc1nn(Cc2cc(Cl)cc3c2OCC3)cc1CN. The summed E-state index contributed by atoms with van der Waals surface area (Å²) in [6.07, 6.45) is 2.91. The molecule has 2 aromatic rings. The first-order valence-electron chi connectivity index (χ1n) is 6.34. The number of aryl methyl sites for hydroxylation is 1. The molecule has 0 aliphatic carbocycles. The van der Waals surface area contributed by atoms with Gasteiger partial charge in [0.05, 0.1) is 18.8 Å². The van der Waals surface area contributed by atoms with Gasteiger partial charge in [0.15, 0.2) is 0 Å². The fourth-order valence-corrected chi connectivity index (χ4v) is 2.74. The molecule has 1 aromatic carbocycles. The van der Waals surface area contributed by atoms with Crippen molar-refractivity contribution >= 4 is 11.6 Å². The average molecular weight is 278 g/mol. The number of rotatable bonds is 3. The van der Waals surface area contributed by atoms with Gasteiger partial charge < -0.3 is 10.5 Å². The highest BCUT2D eigenvalue weighted by Crippen LogP contribution is 2.33. The summed E-state index contributed by atoms with van der Waals surface area (Å²) >= 11 is 6.15. The van der Waals surface area contributed by atoms with Crippen molar-refractivity contribution in [1.82, 2.24) is 9.78 Å². The Hall–Kier alpha value is -1.52. The van der Waals surface area contributed by atoms with E-state index in [-0.39, 0.29) is 0 Å². The first-order valence-corrected chi connectivity index (χ1v) is 6.72. The third kappa shape index (κ3) is 2.33. The molecule has 1 aromatic heterocycles. The molecule has 1 aliphatic rings. The lowest BCUT2D eigenvalue weighted by atomic mass is 10.1. The maximum atomic E-state index is 6.15. The van der Waals surface area contributed by atoms with Crippen LogP contribution in [-0.4, -0.2) is 16.4 Å². The van der Waals surface area contributed by atoms with Crippen LogP contribution in [0.5, 0.6) is 5.75 Å². The first kappa shape index (κ1) is 12.5. The molecule has 0 bridgehead atoms. The van der Waals surface area contributed by atoms with Gasteiger partial charge in [-0.3, -0.25) is 4.68 Å². The summed E-state index contributed by atoms with van der Waals surface area (Å²) < 4.78 is 7.59. The minimum atomic E-state index is 0.510. The van der Waals surface area contributed by atoms with Crippen molar-refractivity contribution in [2.24, 2.45) is 5.73 Å². The summed E-state index contributed by atoms with van der Waals surface area (Å²) in [6.45, 7) is 3.87. The lowest BCUT2D eigenvalue weighted by Crippen LogP contribution is -2.02. The fourth-order valence-electron chi connectivity index (χ4n) is 2.48. The molecule has 3 rings (SSSR count). The predicted molar refractivity (Wildman–Crippen MR) is 74.6 cm³/mol. The third-order valence-electron chi connectivity index (χ3n) is 3.43. The fraction of sp³-hybridized carbons (Fsp3) is 0.357. The quantitative estimate of drug-likeness (QED) is 0.936. The lowest BCUT2D eigenvalue weighted by molar-refractivity contribution is 0.352. The number of hydrogen-bond donors (Lipinski definition) is 1. The molecular formula is C14H16ClN3O. The van der Waals surface area contributed by atoms with E-state index in [1.54, 1.807) is 0 Å². The van der Waals surface area contributed by atoms with E-state index < -0.39 is 0 Å². The Morgan fingerprint density at radius 1 is 1.42 bits per heavy atom. The number of ether oxygens (including phenoxy) is 1. The number of fused-ring (bicyclic) bond motifs is 1. The smallest absolute Gasteiger partial charge is 0.127 e. The van der Waals surface area contributed by atoms with Gasteiger partial charge >= 0.3 is 0 Å². The summed E-state index contributed by atoms with van der Waals surface area (Å²) in [5.41, 5.74) is 9.98. The molecule has 1 aliphatic heterocycles. The highest BCUT2D eigenvalue weighted by molar-refractivity contribution is 6.30. The first-order chi connectivity index (χ1) is 9.17. The van der Waals surface area contributed by atoms with Crippen LogP contribution >= 0.6 is 11.6 Å². The highest BCUT2D eigenvalue weighted by atomic mass is 35.5. The molecule has 0 fully saturated rings. The molecule has 4 nitrogen and oxygen atoms in total. The van der Waals surface area contributed by atoms with Crippen LogP contribution in [0.3, 0.4) is 0 Å². The van der Waals surface area contributed by atoms with Gasteiger partial charge in [0.25, 0.3) is 0 Å². The second kappa shape index (κ2) is 4.87. The zero-order valence-corrected chi connectivity index (χ0v) is 11.6. The third-order valence-corrected chi connectivity index (χ3v) is 3.64. The van der Waals surface area contributed by atoms with E-state index >= 15 is 0 Å². The van der Waals surface area contributed by atoms with Crippen LogP contribution in [0.2, 0.25) is 5.02 Å². The van der Waals surface area contributed by atoms with E-state index in [4.69, 9.17) is 22.1 Å². The monoisotopic (exact) mass is 277 g/mol. The van der Waals surface area contributed by atoms with Crippen LogP contribution in [0.15, 0.2) is 18.3 Å². The van der Waals surface area contributed by atoms with E-state index in [2.05, 4.69) is 5.10 Å². The van der Waals surface area contributed by atoms with Crippen molar-refractivity contribution in [3.05, 3.63) is 45.7 Å². The zero-order chi connectivity index (χ0) is 13.4. The highest BCUT2D eigenvalue weighted by Gasteiger charge is 2.18. The van der Waals surface area contributed by atoms with Crippen LogP contribution in [-0.2, 0) is 19.5 Å². The predicted octanol–water partition coefficient (Wildman–Crippen LogP) is 2.29. The molecule has 100 valence electrons. The largest absolute Gasteiger partial charge is 0.493 e. The number of halogens is 1. The number of aromatic nitrogens is 2. The normalized spacial score (nSPS) is 13.4. The molecule has 19 heavy (non-hydrogen) atoms. The van der Waals surface area contributed by atoms with Gasteiger partial charge in [0.1, 0.15) is 5.75 Å². The van der Waals surface area contributed by atoms with Crippen molar-refractivity contribution in [2.45, 2.75) is 26.4 Å². The Labute approximate surface area is 117 Å². The summed E-state index contributed by atoms with van der Waals surface area (Å²) in [7, 11) is 0. The number of nitrogens with two attached hydrogens (primary N) is 1. The molecule has 0 amide bonds. The van der Waals surface area contributed by atoms with Crippen LogP contribution in [0.4, 0.5) is 0 Å². The Balaban J connectivity index is 1.94. The number of nitrogens with zero attached hydrogens (tertiary/aromatic N) is 2. The van der Waals surface area contributed by atoms with Crippen LogP contribution in [0.1, 0.15) is 22.4 Å². The van der Waals surface area contributed by atoms with Gasteiger partial charge in [-0.1, -0.05) is 11.6 Å². The minimum Gasteiger partial charge on any atom is -0.493 e. The molecule has 0 radical (unpaired) electrons. The molecule has 0 saturated heterocycles. The molecule has 0 unspecified atom stereocenters. The second-order valence-electron chi connectivity index (χ2n) is 4.79. The molecule has 2 N–H and O–H groups in total. The molecule has 2 heterocycles. The molecular weight excluding hydrogens is 262 g/mol. The van der Waals surface area contributed by atoms with Gasteiger partial charge in [-0.25, -0.2) is 0 Å². The molecule has 0 spiro atoms. The van der Waals surface area contributed by atoms with Crippen molar-refractivity contribution in [2.75, 3.05) is 6.61 Å². The summed E-state index contributed by atoms with van der Waals surface area (Å²) in [6, 6.07) is 3.93. The van der Waals surface area contributed by atoms with E-state index in [0.717, 1.165) is 40.6 Å². The van der Waals surface area contributed by atoms with E-state index in [9.17, 15) is 0 Å². The second-order valence-corrected chi connectivity index (χ2v) is 5.23. The van der Waals surface area contributed by atoms with Crippen molar-refractivity contribution < 1.29 is 4.74 Å². The van der Waals surface area contributed by atoms with Gasteiger partial charge in [0.2, 0.25) is 0 Å². The van der Waals surface area contributed by atoms with Crippen molar-refractivity contribution in [3.8, 4) is 5.75 Å². The molecule has 5 heteroatoms. The van der Waals surface area contributed by atoms with Crippen LogP contribution < -0.4 is 10.5 Å². The maximum Gasteiger partial charge on any atom is 0.127 e. The maximum absolute atomic E-state index is 6.15. The Bertz CT molecular complexity index is 621. The van der Waals surface area contributed by atoms with Crippen LogP contribution in [0.25, 0.3) is 0 Å². The number of benzene rings is 1. The summed E-state index contributed by atoms with van der Waals surface area (Å²) in [5.74, 6) is 0.965. The van der Waals surface area contributed by atoms with Gasteiger partial charge in [-0.2, -0.15) is 5.10 Å². The van der Waals surface area contributed by atoms with E-state index in [1.165, 1.54) is 5.56 Å². The van der Waals surface area contributed by atoms with Gasteiger partial charge in [-0.15, -0.1) is 0 Å². The topological polar surface area (TPSA) is 53.1 Å². The summed E-state index contributed by atoms with van der Waals surface area (Å²) in [5, 5.41) is 5.22. The van der Waals surface area contributed by atoms with Crippen molar-refractivity contribution in [3.63, 3.8) is 0 Å². The molecule has 0 saturated carbocycles. The Morgan fingerprint density at radius 3 is 3.00 bits per heavy atom.